The lowest BCUT2D eigenvalue weighted by molar-refractivity contribution is -0.191. The van der Waals surface area contributed by atoms with E-state index < -0.39 is 11.9 Å². The zero-order valence-corrected chi connectivity index (χ0v) is 12.5. The minimum atomic E-state index is -1.12. The summed E-state index contributed by atoms with van der Waals surface area (Å²) in [5.74, 6) is -1.12. The van der Waals surface area contributed by atoms with Crippen LogP contribution in [-0.4, -0.2) is 39.4 Å². The highest BCUT2D eigenvalue weighted by Crippen LogP contribution is 2.40. The van der Waals surface area contributed by atoms with E-state index in [2.05, 4.69) is 10.3 Å². The van der Waals surface area contributed by atoms with E-state index in [1.807, 2.05) is 0 Å². The molecule has 1 aromatic heterocycles. The zero-order chi connectivity index (χ0) is 14.9. The Morgan fingerprint density at radius 3 is 2.90 bits per heavy atom. The van der Waals surface area contributed by atoms with Crippen LogP contribution < -0.4 is 0 Å². The van der Waals surface area contributed by atoms with Crippen molar-refractivity contribution in [1.29, 1.82) is 0 Å². The molecule has 1 aliphatic heterocycles. The minimum Gasteiger partial charge on any atom is -0.394 e. The molecule has 6 nitrogen and oxygen atoms in total. The molecular weight excluding hydrogens is 317 g/mol. The van der Waals surface area contributed by atoms with E-state index in [-0.39, 0.29) is 19.8 Å². The topological polar surface area (TPSA) is 69.4 Å². The lowest BCUT2D eigenvalue weighted by Crippen LogP contribution is -2.34. The summed E-state index contributed by atoms with van der Waals surface area (Å²) in [6.07, 6.45) is 2.85. The summed E-state index contributed by atoms with van der Waals surface area (Å²) in [5, 5.41) is 17.9. The van der Waals surface area contributed by atoms with Gasteiger partial charge in [0, 0.05) is 16.8 Å². The Morgan fingerprint density at radius 1 is 1.43 bits per heavy atom. The molecule has 2 heterocycles. The molecule has 2 atom stereocenters. The van der Waals surface area contributed by atoms with E-state index in [4.69, 9.17) is 32.7 Å². The van der Waals surface area contributed by atoms with Crippen molar-refractivity contribution >= 4 is 23.2 Å². The summed E-state index contributed by atoms with van der Waals surface area (Å²) in [7, 11) is 0. The largest absolute Gasteiger partial charge is 0.394 e. The maximum absolute atomic E-state index is 9.29. The molecule has 1 saturated heterocycles. The second kappa shape index (κ2) is 5.90. The molecule has 0 amide bonds. The Labute approximate surface area is 131 Å². The van der Waals surface area contributed by atoms with Crippen LogP contribution in [0, 0.1) is 0 Å². The molecule has 112 valence electrons. The smallest absolute Gasteiger partial charge is 0.217 e. The molecule has 0 spiro atoms. The second-order valence-electron chi connectivity index (χ2n) is 4.71. The summed E-state index contributed by atoms with van der Waals surface area (Å²) in [4.78, 5) is 0. The standard InChI is InChI=1S/C13H13Cl2N3O3/c14-9-1-2-11(12(15)5-9)13(8-18-4-3-16-17-18)20-7-10(6-19)21-13/h1-5,10,19H,6-8H2/t10-,13-/m1/s1. The molecule has 2 aromatic rings. The van der Waals surface area contributed by atoms with Crippen LogP contribution >= 0.6 is 23.2 Å². The van der Waals surface area contributed by atoms with Crippen molar-refractivity contribution in [3.05, 3.63) is 46.2 Å². The highest BCUT2D eigenvalue weighted by Gasteiger charge is 2.45. The highest BCUT2D eigenvalue weighted by molar-refractivity contribution is 6.35. The molecular formula is C13H13Cl2N3O3. The normalized spacial score (nSPS) is 25.4. The molecule has 0 bridgehead atoms. The fourth-order valence-electron chi connectivity index (χ4n) is 2.29. The summed E-state index contributed by atoms with van der Waals surface area (Å²) in [5.41, 5.74) is 0.639. The van der Waals surface area contributed by atoms with E-state index in [9.17, 15) is 5.11 Å². The van der Waals surface area contributed by atoms with Crippen molar-refractivity contribution in [2.24, 2.45) is 0 Å². The van der Waals surface area contributed by atoms with Gasteiger partial charge in [-0.25, -0.2) is 4.68 Å². The van der Waals surface area contributed by atoms with Gasteiger partial charge < -0.3 is 14.6 Å². The summed E-state index contributed by atoms with van der Waals surface area (Å²) in [6.45, 7) is 0.402. The average molecular weight is 330 g/mol. The number of aliphatic hydroxyl groups is 1. The van der Waals surface area contributed by atoms with Gasteiger partial charge in [0.1, 0.15) is 12.6 Å². The first-order valence-corrected chi connectivity index (χ1v) is 7.11. The molecule has 21 heavy (non-hydrogen) atoms. The van der Waals surface area contributed by atoms with E-state index in [0.717, 1.165) is 0 Å². The van der Waals surface area contributed by atoms with Crippen LogP contribution in [0.5, 0.6) is 0 Å². The average Bonchev–Trinajstić information content (AvgIpc) is 3.09. The number of benzene rings is 1. The van der Waals surface area contributed by atoms with Crippen molar-refractivity contribution < 1.29 is 14.6 Å². The third-order valence-corrected chi connectivity index (χ3v) is 3.79. The summed E-state index contributed by atoms with van der Waals surface area (Å²) >= 11 is 12.2. The van der Waals surface area contributed by atoms with Gasteiger partial charge in [-0.1, -0.05) is 34.5 Å². The van der Waals surface area contributed by atoms with Gasteiger partial charge in [0.05, 0.1) is 24.4 Å². The fourth-order valence-corrected chi connectivity index (χ4v) is 2.85. The van der Waals surface area contributed by atoms with Crippen LogP contribution in [0.25, 0.3) is 0 Å². The molecule has 1 aromatic carbocycles. The van der Waals surface area contributed by atoms with Gasteiger partial charge in [0.15, 0.2) is 0 Å². The van der Waals surface area contributed by atoms with Crippen LogP contribution in [0.2, 0.25) is 10.0 Å². The Balaban J connectivity index is 1.99. The minimum absolute atomic E-state index is 0.135. The van der Waals surface area contributed by atoms with Gasteiger partial charge >= 0.3 is 0 Å². The predicted molar refractivity (Wildman–Crippen MR) is 76.1 cm³/mol. The molecule has 3 rings (SSSR count). The number of hydrogen-bond acceptors (Lipinski definition) is 5. The van der Waals surface area contributed by atoms with Crippen molar-refractivity contribution in [3.8, 4) is 0 Å². The van der Waals surface area contributed by atoms with E-state index in [0.29, 0.717) is 15.6 Å². The first-order chi connectivity index (χ1) is 10.1. The number of halogens is 2. The monoisotopic (exact) mass is 329 g/mol. The van der Waals surface area contributed by atoms with Crippen molar-refractivity contribution in [2.45, 2.75) is 18.4 Å². The molecule has 1 N–H and O–H groups in total. The fraction of sp³-hybridized carbons (Fsp3) is 0.385. The number of rotatable bonds is 4. The van der Waals surface area contributed by atoms with E-state index >= 15 is 0 Å². The first-order valence-electron chi connectivity index (χ1n) is 6.35. The summed E-state index contributed by atoms with van der Waals surface area (Å²) in [6, 6.07) is 5.09. The first kappa shape index (κ1) is 14.7. The Hall–Kier alpha value is -1.18. The third kappa shape index (κ3) is 2.90. The van der Waals surface area contributed by atoms with Crippen molar-refractivity contribution in [2.75, 3.05) is 13.2 Å². The van der Waals surface area contributed by atoms with Crippen molar-refractivity contribution in [1.82, 2.24) is 15.0 Å². The molecule has 1 fully saturated rings. The Morgan fingerprint density at radius 2 is 2.29 bits per heavy atom. The molecule has 1 aliphatic rings. The van der Waals surface area contributed by atoms with Gasteiger partial charge in [0.2, 0.25) is 5.79 Å². The second-order valence-corrected chi connectivity index (χ2v) is 5.55. The molecule has 0 unspecified atom stereocenters. The lowest BCUT2D eigenvalue weighted by Gasteiger charge is -2.29. The number of ether oxygens (including phenoxy) is 2. The molecule has 0 aliphatic carbocycles. The van der Waals surface area contributed by atoms with Gasteiger partial charge in [-0.2, -0.15) is 0 Å². The lowest BCUT2D eigenvalue weighted by atomic mass is 10.1. The number of hydrogen-bond donors (Lipinski definition) is 1. The van der Waals surface area contributed by atoms with Gasteiger partial charge in [0.25, 0.3) is 0 Å². The third-order valence-electron chi connectivity index (χ3n) is 3.25. The maximum atomic E-state index is 9.29. The van der Waals surface area contributed by atoms with E-state index in [1.54, 1.807) is 35.3 Å². The Bertz CT molecular complexity index is 623. The van der Waals surface area contributed by atoms with Crippen LogP contribution in [0.4, 0.5) is 0 Å². The van der Waals surface area contributed by atoms with Gasteiger partial charge in [-0.15, -0.1) is 5.10 Å². The van der Waals surface area contributed by atoms with Gasteiger partial charge in [-0.05, 0) is 12.1 Å². The maximum Gasteiger partial charge on any atom is 0.217 e. The Kier molecular flexibility index (Phi) is 4.14. The number of aliphatic hydroxyl groups excluding tert-OH is 1. The quantitative estimate of drug-likeness (QED) is 0.926. The van der Waals surface area contributed by atoms with Crippen LogP contribution in [-0.2, 0) is 21.8 Å². The number of aromatic nitrogens is 3. The van der Waals surface area contributed by atoms with Gasteiger partial charge in [-0.3, -0.25) is 0 Å². The highest BCUT2D eigenvalue weighted by atomic mass is 35.5. The molecule has 8 heteroatoms. The molecule has 0 saturated carbocycles. The van der Waals surface area contributed by atoms with Crippen molar-refractivity contribution in [3.63, 3.8) is 0 Å². The van der Waals surface area contributed by atoms with E-state index in [1.165, 1.54) is 0 Å². The SMILES string of the molecule is OC[C@@H]1CO[C@@](Cn2ccnn2)(c2ccc(Cl)cc2Cl)O1. The van der Waals surface area contributed by atoms with Crippen LogP contribution in [0.3, 0.4) is 0 Å². The number of nitrogens with zero attached hydrogens (tertiary/aromatic N) is 3. The zero-order valence-electron chi connectivity index (χ0n) is 10.9. The van der Waals surface area contributed by atoms with Crippen LogP contribution in [0.1, 0.15) is 5.56 Å². The summed E-state index contributed by atoms with van der Waals surface area (Å²) < 4.78 is 13.3. The predicted octanol–water partition coefficient (Wildman–Crippen LogP) is 1.85. The molecule has 0 radical (unpaired) electrons. The van der Waals surface area contributed by atoms with Crippen LogP contribution in [0.15, 0.2) is 30.6 Å².